The molecule has 0 radical (unpaired) electrons. The summed E-state index contributed by atoms with van der Waals surface area (Å²) < 4.78 is 6.60. The number of esters is 1. The first-order valence-electron chi connectivity index (χ1n) is 6.83. The van der Waals surface area contributed by atoms with E-state index < -0.39 is 5.97 Å². The minimum absolute atomic E-state index is 0.152. The van der Waals surface area contributed by atoms with E-state index in [2.05, 4.69) is 37.2 Å². The average molecular weight is 421 g/mol. The van der Waals surface area contributed by atoms with Crippen LogP contribution in [0.15, 0.2) is 21.1 Å². The Balaban J connectivity index is 3.05. The molecule has 0 aromatic heterocycles. The van der Waals surface area contributed by atoms with Crippen molar-refractivity contribution in [3.05, 3.63) is 26.6 Å². The quantitative estimate of drug-likeness (QED) is 0.533. The number of hydrogen-bond acceptors (Lipinski definition) is 3. The van der Waals surface area contributed by atoms with Crippen LogP contribution in [-0.2, 0) is 9.53 Å². The molecule has 0 bridgehead atoms. The van der Waals surface area contributed by atoms with Crippen molar-refractivity contribution >= 4 is 49.4 Å². The Kier molecular flexibility index (Phi) is 7.39. The largest absolute Gasteiger partial charge is 0.462 e. The van der Waals surface area contributed by atoms with E-state index in [4.69, 9.17) is 4.74 Å². The highest BCUT2D eigenvalue weighted by atomic mass is 79.9. The number of ether oxygens (including phenoxy) is 1. The van der Waals surface area contributed by atoms with Gasteiger partial charge in [0.2, 0.25) is 5.91 Å². The predicted molar refractivity (Wildman–Crippen MR) is 90.5 cm³/mol. The molecule has 4 nitrogen and oxygen atoms in total. The van der Waals surface area contributed by atoms with Crippen molar-refractivity contribution in [1.29, 1.82) is 0 Å². The van der Waals surface area contributed by atoms with Gasteiger partial charge in [0.25, 0.3) is 0 Å². The summed E-state index contributed by atoms with van der Waals surface area (Å²) in [5, 5.41) is 2.77. The lowest BCUT2D eigenvalue weighted by Gasteiger charge is -2.14. The average Bonchev–Trinajstić information content (AvgIpc) is 2.41. The number of rotatable bonds is 6. The third-order valence-corrected chi connectivity index (χ3v) is 3.86. The molecule has 1 rings (SSSR count). The summed E-state index contributed by atoms with van der Waals surface area (Å²) in [5.41, 5.74) is 0.778. The molecule has 0 heterocycles. The molecule has 0 saturated heterocycles. The fourth-order valence-electron chi connectivity index (χ4n) is 1.52. The zero-order valence-electron chi connectivity index (χ0n) is 12.3. The van der Waals surface area contributed by atoms with E-state index in [1.54, 1.807) is 26.0 Å². The van der Waals surface area contributed by atoms with Gasteiger partial charge in [0.05, 0.1) is 17.9 Å². The second-order valence-electron chi connectivity index (χ2n) is 4.94. The number of hydrogen-bond donors (Lipinski definition) is 1. The molecule has 21 heavy (non-hydrogen) atoms. The Morgan fingerprint density at radius 1 is 1.29 bits per heavy atom. The topological polar surface area (TPSA) is 55.4 Å². The van der Waals surface area contributed by atoms with Crippen molar-refractivity contribution in [3.8, 4) is 0 Å². The molecular weight excluding hydrogens is 402 g/mol. The molecule has 0 unspecified atom stereocenters. The second-order valence-corrected chi connectivity index (χ2v) is 6.71. The molecule has 0 saturated carbocycles. The summed E-state index contributed by atoms with van der Waals surface area (Å²) in [5.74, 6) is -0.769. The highest BCUT2D eigenvalue weighted by Crippen LogP contribution is 2.31. The molecule has 1 amide bonds. The number of benzene rings is 1. The maximum Gasteiger partial charge on any atom is 0.340 e. The maximum atomic E-state index is 12.2. The molecule has 1 aromatic carbocycles. The van der Waals surface area contributed by atoms with Gasteiger partial charge in [-0.15, -0.1) is 0 Å². The monoisotopic (exact) mass is 419 g/mol. The highest BCUT2D eigenvalue weighted by Gasteiger charge is 2.19. The smallest absolute Gasteiger partial charge is 0.340 e. The van der Waals surface area contributed by atoms with Gasteiger partial charge in [0.1, 0.15) is 0 Å². The van der Waals surface area contributed by atoms with E-state index in [-0.39, 0.29) is 11.8 Å². The Morgan fingerprint density at radius 2 is 1.95 bits per heavy atom. The van der Waals surface area contributed by atoms with Gasteiger partial charge in [-0.3, -0.25) is 4.79 Å². The Labute approximate surface area is 141 Å². The van der Waals surface area contributed by atoms with Crippen LogP contribution in [0.4, 0.5) is 5.69 Å². The van der Waals surface area contributed by atoms with Crippen molar-refractivity contribution in [2.75, 3.05) is 11.9 Å². The molecule has 0 aliphatic carbocycles. The lowest BCUT2D eigenvalue weighted by molar-refractivity contribution is -0.118. The van der Waals surface area contributed by atoms with Crippen molar-refractivity contribution < 1.29 is 14.3 Å². The van der Waals surface area contributed by atoms with Crippen LogP contribution in [0, 0.1) is 5.92 Å². The van der Waals surface area contributed by atoms with E-state index in [1.165, 1.54) is 0 Å². The molecule has 0 aliphatic rings. The van der Waals surface area contributed by atoms with Gasteiger partial charge in [-0.2, -0.15) is 0 Å². The summed E-state index contributed by atoms with van der Waals surface area (Å²) >= 11 is 6.72. The molecule has 6 heteroatoms. The van der Waals surface area contributed by atoms with Gasteiger partial charge in [-0.25, -0.2) is 4.79 Å². The predicted octanol–water partition coefficient (Wildman–Crippen LogP) is 4.76. The first-order valence-corrected chi connectivity index (χ1v) is 8.42. The van der Waals surface area contributed by atoms with Gasteiger partial charge in [-0.1, -0.05) is 43.1 Å². The molecule has 0 spiro atoms. The molecule has 1 N–H and O–H groups in total. The van der Waals surface area contributed by atoms with Crippen LogP contribution < -0.4 is 5.32 Å². The van der Waals surface area contributed by atoms with Crippen LogP contribution >= 0.6 is 31.9 Å². The minimum atomic E-state index is -0.440. The maximum absolute atomic E-state index is 12.2. The SMILES string of the molecule is CCCCOC(=O)c1cc(Br)cc(Br)c1NC(=O)C(C)C. The summed E-state index contributed by atoms with van der Waals surface area (Å²) in [6.45, 7) is 5.98. The van der Waals surface area contributed by atoms with Gasteiger partial charge < -0.3 is 10.1 Å². The Morgan fingerprint density at radius 3 is 2.52 bits per heavy atom. The Bertz CT molecular complexity index is 530. The van der Waals surface area contributed by atoms with Gasteiger partial charge in [0.15, 0.2) is 0 Å². The van der Waals surface area contributed by atoms with Crippen LogP contribution in [0.2, 0.25) is 0 Å². The van der Waals surface area contributed by atoms with Crippen molar-refractivity contribution in [2.45, 2.75) is 33.6 Å². The van der Waals surface area contributed by atoms with E-state index in [0.717, 1.165) is 17.3 Å². The molecule has 0 fully saturated rings. The summed E-state index contributed by atoms with van der Waals surface area (Å²) in [6.07, 6.45) is 1.76. The number of nitrogens with one attached hydrogen (secondary N) is 1. The normalized spacial score (nSPS) is 10.6. The minimum Gasteiger partial charge on any atom is -0.462 e. The van der Waals surface area contributed by atoms with E-state index in [0.29, 0.717) is 22.3 Å². The summed E-state index contributed by atoms with van der Waals surface area (Å²) in [6, 6.07) is 3.42. The van der Waals surface area contributed by atoms with Gasteiger partial charge >= 0.3 is 5.97 Å². The second kappa shape index (κ2) is 8.54. The molecule has 0 atom stereocenters. The number of unbranched alkanes of at least 4 members (excludes halogenated alkanes) is 1. The zero-order valence-corrected chi connectivity index (χ0v) is 15.5. The standard InChI is InChI=1S/C15H19Br2NO3/c1-4-5-6-21-15(20)11-7-10(16)8-12(17)13(11)18-14(19)9(2)3/h7-9H,4-6H2,1-3H3,(H,18,19). The van der Waals surface area contributed by atoms with Crippen molar-refractivity contribution in [2.24, 2.45) is 5.92 Å². The molecule has 1 aromatic rings. The van der Waals surface area contributed by atoms with Crippen LogP contribution in [0.1, 0.15) is 44.0 Å². The number of carbonyl (C=O) groups is 2. The van der Waals surface area contributed by atoms with E-state index >= 15 is 0 Å². The third kappa shape index (κ3) is 5.43. The zero-order chi connectivity index (χ0) is 16.0. The molecule has 0 aliphatic heterocycles. The Hall–Kier alpha value is -0.880. The van der Waals surface area contributed by atoms with Crippen LogP contribution in [-0.4, -0.2) is 18.5 Å². The fraction of sp³-hybridized carbons (Fsp3) is 0.467. The van der Waals surface area contributed by atoms with Crippen molar-refractivity contribution in [3.63, 3.8) is 0 Å². The molecule has 116 valence electrons. The number of halogens is 2. The van der Waals surface area contributed by atoms with Crippen LogP contribution in [0.25, 0.3) is 0 Å². The number of carbonyl (C=O) groups excluding carboxylic acids is 2. The first-order chi connectivity index (χ1) is 9.86. The van der Waals surface area contributed by atoms with E-state index in [9.17, 15) is 9.59 Å². The molecular formula is C15H19Br2NO3. The lowest BCUT2D eigenvalue weighted by Crippen LogP contribution is -2.20. The summed E-state index contributed by atoms with van der Waals surface area (Å²) in [7, 11) is 0. The van der Waals surface area contributed by atoms with Crippen LogP contribution in [0.5, 0.6) is 0 Å². The van der Waals surface area contributed by atoms with Crippen molar-refractivity contribution in [1.82, 2.24) is 0 Å². The number of amides is 1. The third-order valence-electron chi connectivity index (χ3n) is 2.78. The van der Waals surface area contributed by atoms with Gasteiger partial charge in [-0.05, 0) is 34.5 Å². The highest BCUT2D eigenvalue weighted by molar-refractivity contribution is 9.11. The summed E-state index contributed by atoms with van der Waals surface area (Å²) in [4.78, 5) is 24.1. The van der Waals surface area contributed by atoms with E-state index in [1.807, 2.05) is 6.92 Å². The number of anilines is 1. The fourth-order valence-corrected chi connectivity index (χ4v) is 2.84. The first kappa shape index (κ1) is 18.2. The lowest BCUT2D eigenvalue weighted by atomic mass is 10.1. The van der Waals surface area contributed by atoms with Gasteiger partial charge in [0, 0.05) is 14.9 Å². The van der Waals surface area contributed by atoms with Crippen LogP contribution in [0.3, 0.4) is 0 Å².